The summed E-state index contributed by atoms with van der Waals surface area (Å²) in [4.78, 5) is 12.0. The summed E-state index contributed by atoms with van der Waals surface area (Å²) >= 11 is 0. The van der Waals surface area contributed by atoms with Crippen LogP contribution in [0.2, 0.25) is 0 Å². The number of allylic oxidation sites excluding steroid dienone is 3. The summed E-state index contributed by atoms with van der Waals surface area (Å²) < 4.78 is 44.1. The Bertz CT molecular complexity index is 877. The van der Waals surface area contributed by atoms with Gasteiger partial charge in [0.25, 0.3) is 0 Å². The number of hydrogen-bond acceptors (Lipinski definition) is 2. The molecule has 0 aliphatic heterocycles. The van der Waals surface area contributed by atoms with Crippen molar-refractivity contribution >= 4 is 17.9 Å². The van der Waals surface area contributed by atoms with Gasteiger partial charge in [0.15, 0.2) is 5.78 Å². The summed E-state index contributed by atoms with van der Waals surface area (Å²) in [7, 11) is 1.57. The average molecular weight is 372 g/mol. The van der Waals surface area contributed by atoms with Crippen LogP contribution in [0.25, 0.3) is 12.2 Å². The van der Waals surface area contributed by atoms with Crippen LogP contribution in [-0.4, -0.2) is 12.9 Å². The lowest BCUT2D eigenvalue weighted by Crippen LogP contribution is -2.06. The van der Waals surface area contributed by atoms with Gasteiger partial charge in [-0.25, -0.2) is 0 Å². The van der Waals surface area contributed by atoms with E-state index in [1.165, 1.54) is 30.4 Å². The van der Waals surface area contributed by atoms with E-state index in [4.69, 9.17) is 4.74 Å². The molecule has 0 spiro atoms. The first-order valence-corrected chi connectivity index (χ1v) is 8.19. The SMILES string of the molecule is C=CCc1cc(/C=C/C(=O)/C=C/c2ccccc2C(F)(F)F)ccc1OC. The van der Waals surface area contributed by atoms with Crippen LogP contribution in [0.1, 0.15) is 22.3 Å². The fourth-order valence-electron chi connectivity index (χ4n) is 2.52. The van der Waals surface area contributed by atoms with Gasteiger partial charge in [0, 0.05) is 0 Å². The first-order valence-electron chi connectivity index (χ1n) is 8.19. The third kappa shape index (κ3) is 5.71. The molecule has 27 heavy (non-hydrogen) atoms. The molecular weight excluding hydrogens is 353 g/mol. The maximum atomic E-state index is 13.0. The van der Waals surface area contributed by atoms with Gasteiger partial charge in [-0.05, 0) is 53.5 Å². The molecule has 0 aliphatic carbocycles. The highest BCUT2D eigenvalue weighted by Crippen LogP contribution is 2.32. The molecule has 0 heterocycles. The highest BCUT2D eigenvalue weighted by molar-refractivity contribution is 6.04. The fourth-order valence-corrected chi connectivity index (χ4v) is 2.52. The van der Waals surface area contributed by atoms with E-state index in [1.807, 2.05) is 6.07 Å². The Morgan fingerprint density at radius 3 is 2.48 bits per heavy atom. The van der Waals surface area contributed by atoms with Crippen LogP contribution in [-0.2, 0) is 17.4 Å². The molecule has 2 rings (SSSR count). The van der Waals surface area contributed by atoms with Crippen molar-refractivity contribution in [2.45, 2.75) is 12.6 Å². The molecule has 0 atom stereocenters. The molecule has 0 fully saturated rings. The molecule has 0 bridgehead atoms. The summed E-state index contributed by atoms with van der Waals surface area (Å²) in [6.45, 7) is 3.70. The van der Waals surface area contributed by atoms with Crippen molar-refractivity contribution in [3.63, 3.8) is 0 Å². The van der Waals surface area contributed by atoms with Gasteiger partial charge in [0.05, 0.1) is 12.7 Å². The van der Waals surface area contributed by atoms with Gasteiger partial charge < -0.3 is 4.74 Å². The van der Waals surface area contributed by atoms with Gasteiger partial charge in [0.1, 0.15) is 5.75 Å². The summed E-state index contributed by atoms with van der Waals surface area (Å²) in [5, 5.41) is 0. The second kappa shape index (κ2) is 9.03. The maximum Gasteiger partial charge on any atom is 0.416 e. The molecule has 0 unspecified atom stereocenters. The van der Waals surface area contributed by atoms with E-state index in [-0.39, 0.29) is 5.56 Å². The maximum absolute atomic E-state index is 13.0. The predicted molar refractivity (Wildman–Crippen MR) is 101 cm³/mol. The zero-order valence-corrected chi connectivity index (χ0v) is 14.8. The number of carbonyl (C=O) groups is 1. The van der Waals surface area contributed by atoms with Gasteiger partial charge in [-0.1, -0.05) is 42.5 Å². The van der Waals surface area contributed by atoms with E-state index >= 15 is 0 Å². The molecule has 0 aromatic heterocycles. The number of methoxy groups -OCH3 is 1. The van der Waals surface area contributed by atoms with Gasteiger partial charge in [-0.3, -0.25) is 4.79 Å². The van der Waals surface area contributed by atoms with Crippen LogP contribution in [0, 0.1) is 0 Å². The van der Waals surface area contributed by atoms with Crippen LogP contribution in [0.15, 0.2) is 67.3 Å². The Morgan fingerprint density at radius 1 is 1.11 bits per heavy atom. The summed E-state index contributed by atoms with van der Waals surface area (Å²) in [6.07, 6.45) is 3.11. The molecule has 2 aromatic rings. The van der Waals surface area contributed by atoms with Gasteiger partial charge in [0.2, 0.25) is 0 Å². The second-order valence-corrected chi connectivity index (χ2v) is 5.72. The molecular formula is C22H19F3O2. The van der Waals surface area contributed by atoms with Crippen LogP contribution < -0.4 is 4.74 Å². The molecule has 0 saturated carbocycles. The van der Waals surface area contributed by atoms with Crippen molar-refractivity contribution < 1.29 is 22.7 Å². The number of carbonyl (C=O) groups excluding carboxylic acids is 1. The minimum Gasteiger partial charge on any atom is -0.496 e. The van der Waals surface area contributed by atoms with Crippen LogP contribution in [0.3, 0.4) is 0 Å². The number of ether oxygens (including phenoxy) is 1. The van der Waals surface area contributed by atoms with E-state index < -0.39 is 17.5 Å². The molecule has 0 radical (unpaired) electrons. The summed E-state index contributed by atoms with van der Waals surface area (Å²) in [5.41, 5.74) is 0.883. The molecule has 0 saturated heterocycles. The zero-order valence-electron chi connectivity index (χ0n) is 14.8. The quantitative estimate of drug-likeness (QED) is 0.458. The van der Waals surface area contributed by atoms with Gasteiger partial charge in [-0.2, -0.15) is 13.2 Å². The minimum atomic E-state index is -4.47. The molecule has 2 aromatic carbocycles. The van der Waals surface area contributed by atoms with Crippen molar-refractivity contribution in [3.8, 4) is 5.75 Å². The largest absolute Gasteiger partial charge is 0.496 e. The van der Waals surface area contributed by atoms with Crippen molar-refractivity contribution in [1.29, 1.82) is 0 Å². The summed E-state index contributed by atoms with van der Waals surface area (Å²) in [6, 6.07) is 10.6. The molecule has 140 valence electrons. The first kappa shape index (κ1) is 20.2. The Kier molecular flexibility index (Phi) is 6.77. The molecule has 5 heteroatoms. The monoisotopic (exact) mass is 372 g/mol. The number of benzene rings is 2. The Hall–Kier alpha value is -3.08. The lowest BCUT2D eigenvalue weighted by molar-refractivity contribution is -0.137. The van der Waals surface area contributed by atoms with E-state index in [0.29, 0.717) is 6.42 Å². The fraction of sp³-hybridized carbons (Fsp3) is 0.136. The van der Waals surface area contributed by atoms with Crippen molar-refractivity contribution in [1.82, 2.24) is 0 Å². The highest BCUT2D eigenvalue weighted by atomic mass is 19.4. The second-order valence-electron chi connectivity index (χ2n) is 5.72. The Balaban J connectivity index is 2.16. The molecule has 2 nitrogen and oxygen atoms in total. The topological polar surface area (TPSA) is 26.3 Å². The third-order valence-electron chi connectivity index (χ3n) is 3.80. The lowest BCUT2D eigenvalue weighted by Gasteiger charge is -2.09. The Labute approximate surface area is 156 Å². The van der Waals surface area contributed by atoms with E-state index in [9.17, 15) is 18.0 Å². The number of alkyl halides is 3. The van der Waals surface area contributed by atoms with Crippen molar-refractivity contribution in [2.75, 3.05) is 7.11 Å². The standard InChI is InChI=1S/C22H19F3O2/c1-3-6-18-15-16(10-14-21(18)27-2)9-12-19(26)13-11-17-7-4-5-8-20(17)22(23,24)25/h3-5,7-15H,1,6H2,2H3/b12-9+,13-11+. The van der Waals surface area contributed by atoms with E-state index in [1.54, 1.807) is 31.4 Å². The minimum absolute atomic E-state index is 0.0514. The van der Waals surface area contributed by atoms with Crippen LogP contribution in [0.4, 0.5) is 13.2 Å². The van der Waals surface area contributed by atoms with Crippen LogP contribution >= 0.6 is 0 Å². The molecule has 0 N–H and O–H groups in total. The average Bonchev–Trinajstić information content (AvgIpc) is 2.64. The molecule has 0 amide bonds. The van der Waals surface area contributed by atoms with Gasteiger partial charge >= 0.3 is 6.18 Å². The highest BCUT2D eigenvalue weighted by Gasteiger charge is 2.32. The van der Waals surface area contributed by atoms with E-state index in [0.717, 1.165) is 29.0 Å². The van der Waals surface area contributed by atoms with E-state index in [2.05, 4.69) is 6.58 Å². The lowest BCUT2D eigenvalue weighted by atomic mass is 10.0. The smallest absolute Gasteiger partial charge is 0.416 e. The number of ketones is 1. The first-order chi connectivity index (χ1) is 12.8. The third-order valence-corrected chi connectivity index (χ3v) is 3.80. The number of hydrogen-bond donors (Lipinski definition) is 0. The summed E-state index contributed by atoms with van der Waals surface area (Å²) in [5.74, 6) is 0.315. The number of rotatable bonds is 7. The van der Waals surface area contributed by atoms with Crippen LogP contribution in [0.5, 0.6) is 5.75 Å². The van der Waals surface area contributed by atoms with Crippen molar-refractivity contribution in [2.24, 2.45) is 0 Å². The predicted octanol–water partition coefficient (Wildman–Crippen LogP) is 5.74. The normalized spacial score (nSPS) is 11.9. The van der Waals surface area contributed by atoms with Crippen molar-refractivity contribution in [3.05, 3.63) is 89.5 Å². The zero-order chi connectivity index (χ0) is 19.9. The number of halogens is 3. The van der Waals surface area contributed by atoms with Gasteiger partial charge in [-0.15, -0.1) is 6.58 Å². The Morgan fingerprint density at radius 2 is 1.81 bits per heavy atom. The molecule has 0 aliphatic rings.